The highest BCUT2D eigenvalue weighted by atomic mass is 35.5. The highest BCUT2D eigenvalue weighted by Gasteiger charge is 2.15. The van der Waals surface area contributed by atoms with Crippen LogP contribution < -0.4 is 10.6 Å². The third kappa shape index (κ3) is 3.91. The largest absolute Gasteiger partial charge is 0.385 e. The van der Waals surface area contributed by atoms with Gasteiger partial charge in [-0.2, -0.15) is 0 Å². The number of hydrogen-bond acceptors (Lipinski definition) is 2. The Hall–Kier alpha value is -1.22. The molecule has 1 unspecified atom stereocenters. The van der Waals surface area contributed by atoms with E-state index in [0.29, 0.717) is 16.5 Å². The summed E-state index contributed by atoms with van der Waals surface area (Å²) in [5.74, 6) is 0.311. The fourth-order valence-corrected chi connectivity index (χ4v) is 1.67. The van der Waals surface area contributed by atoms with Gasteiger partial charge in [0.05, 0.1) is 5.56 Å². The maximum atomic E-state index is 12.2. The molecule has 0 aliphatic heterocycles. The van der Waals surface area contributed by atoms with E-state index < -0.39 is 0 Å². The number of carbonyl (C=O) groups is 1. The number of carbonyl (C=O) groups excluding carboxylic acids is 1. The summed E-state index contributed by atoms with van der Waals surface area (Å²) in [5.41, 5.74) is 1.41. The second-order valence-electron chi connectivity index (χ2n) is 4.73. The van der Waals surface area contributed by atoms with E-state index in [1.54, 1.807) is 12.1 Å². The van der Waals surface area contributed by atoms with E-state index in [2.05, 4.69) is 24.5 Å². The number of nitrogens with one attached hydrogen (secondary N) is 2. The first-order valence-corrected chi connectivity index (χ1v) is 6.67. The van der Waals surface area contributed by atoms with E-state index in [9.17, 15) is 4.79 Å². The van der Waals surface area contributed by atoms with Gasteiger partial charge in [-0.25, -0.2) is 0 Å². The minimum atomic E-state index is -0.0883. The van der Waals surface area contributed by atoms with Gasteiger partial charge in [0.25, 0.3) is 5.91 Å². The maximum absolute atomic E-state index is 12.2. The Morgan fingerprint density at radius 2 is 2.00 bits per heavy atom. The molecular formula is C14H21ClN2O. The molecule has 0 aliphatic rings. The van der Waals surface area contributed by atoms with E-state index in [0.717, 1.165) is 12.2 Å². The SMILES string of the molecule is CCNc1ccc(Cl)cc1C(=O)NC(C)C(C)C. The molecule has 0 heterocycles. The van der Waals surface area contributed by atoms with Crippen LogP contribution in [0.4, 0.5) is 5.69 Å². The molecule has 4 heteroatoms. The number of amides is 1. The number of hydrogen-bond donors (Lipinski definition) is 2. The molecule has 1 atom stereocenters. The average Bonchev–Trinajstić information content (AvgIpc) is 2.31. The lowest BCUT2D eigenvalue weighted by Gasteiger charge is -2.19. The van der Waals surface area contributed by atoms with Gasteiger partial charge in [0, 0.05) is 23.3 Å². The first-order valence-electron chi connectivity index (χ1n) is 6.30. The summed E-state index contributed by atoms with van der Waals surface area (Å²) >= 11 is 5.95. The molecule has 1 aromatic rings. The summed E-state index contributed by atoms with van der Waals surface area (Å²) in [6, 6.07) is 5.44. The van der Waals surface area contributed by atoms with Gasteiger partial charge in [-0.3, -0.25) is 4.79 Å². The molecule has 0 spiro atoms. The van der Waals surface area contributed by atoms with Crippen molar-refractivity contribution in [3.63, 3.8) is 0 Å². The third-order valence-corrected chi connectivity index (χ3v) is 3.19. The number of anilines is 1. The first-order chi connectivity index (χ1) is 8.45. The molecule has 2 N–H and O–H groups in total. The van der Waals surface area contributed by atoms with Gasteiger partial charge < -0.3 is 10.6 Å². The molecule has 0 bridgehead atoms. The van der Waals surface area contributed by atoms with Gasteiger partial charge in [-0.05, 0) is 38.0 Å². The molecule has 0 aromatic heterocycles. The molecule has 0 saturated carbocycles. The van der Waals surface area contributed by atoms with Gasteiger partial charge >= 0.3 is 0 Å². The van der Waals surface area contributed by atoms with Crippen molar-refractivity contribution >= 4 is 23.2 Å². The van der Waals surface area contributed by atoms with Crippen molar-refractivity contribution in [3.05, 3.63) is 28.8 Å². The molecule has 0 fully saturated rings. The predicted molar refractivity (Wildman–Crippen MR) is 77.4 cm³/mol. The third-order valence-electron chi connectivity index (χ3n) is 2.95. The summed E-state index contributed by atoms with van der Waals surface area (Å²) < 4.78 is 0. The minimum Gasteiger partial charge on any atom is -0.385 e. The summed E-state index contributed by atoms with van der Waals surface area (Å²) in [7, 11) is 0. The maximum Gasteiger partial charge on any atom is 0.253 e. The highest BCUT2D eigenvalue weighted by Crippen LogP contribution is 2.21. The molecule has 0 aliphatic carbocycles. The molecular weight excluding hydrogens is 248 g/mol. The smallest absolute Gasteiger partial charge is 0.253 e. The Balaban J connectivity index is 2.92. The second kappa shape index (κ2) is 6.64. The van der Waals surface area contributed by atoms with Gasteiger partial charge in [0.2, 0.25) is 0 Å². The van der Waals surface area contributed by atoms with Crippen molar-refractivity contribution in [1.82, 2.24) is 5.32 Å². The van der Waals surface area contributed by atoms with Crippen LogP contribution in [0.15, 0.2) is 18.2 Å². The molecule has 100 valence electrons. The minimum absolute atomic E-state index is 0.0883. The Morgan fingerprint density at radius 3 is 2.56 bits per heavy atom. The van der Waals surface area contributed by atoms with Crippen LogP contribution >= 0.6 is 11.6 Å². The van der Waals surface area contributed by atoms with Gasteiger partial charge in [-0.15, -0.1) is 0 Å². The van der Waals surface area contributed by atoms with Crippen LogP contribution in [-0.2, 0) is 0 Å². The fraction of sp³-hybridized carbons (Fsp3) is 0.500. The standard InChI is InChI=1S/C14H21ClN2O/c1-5-16-13-7-6-11(15)8-12(13)14(18)17-10(4)9(2)3/h6-10,16H,5H2,1-4H3,(H,17,18). The lowest BCUT2D eigenvalue weighted by Crippen LogP contribution is -2.36. The molecule has 3 nitrogen and oxygen atoms in total. The molecule has 0 radical (unpaired) electrons. The Bertz CT molecular complexity index is 418. The van der Waals surface area contributed by atoms with Crippen molar-refractivity contribution in [2.24, 2.45) is 5.92 Å². The zero-order valence-corrected chi connectivity index (χ0v) is 12.1. The van der Waals surface area contributed by atoms with Gasteiger partial charge in [0.15, 0.2) is 0 Å². The summed E-state index contributed by atoms with van der Waals surface area (Å²) in [5, 5.41) is 6.72. The Morgan fingerprint density at radius 1 is 1.33 bits per heavy atom. The van der Waals surface area contributed by atoms with Crippen LogP contribution in [0.2, 0.25) is 5.02 Å². The Kier molecular flexibility index (Phi) is 5.48. The van der Waals surface area contributed by atoms with E-state index in [-0.39, 0.29) is 11.9 Å². The fourth-order valence-electron chi connectivity index (χ4n) is 1.50. The quantitative estimate of drug-likeness (QED) is 0.858. The molecule has 18 heavy (non-hydrogen) atoms. The van der Waals surface area contributed by atoms with Crippen LogP contribution in [0.1, 0.15) is 38.1 Å². The summed E-state index contributed by atoms with van der Waals surface area (Å²) in [6.45, 7) is 8.91. The van der Waals surface area contributed by atoms with Crippen molar-refractivity contribution in [2.45, 2.75) is 33.7 Å². The first kappa shape index (κ1) is 14.8. The normalized spacial score (nSPS) is 12.3. The van der Waals surface area contributed by atoms with Crippen LogP contribution in [0.5, 0.6) is 0 Å². The average molecular weight is 269 g/mol. The van der Waals surface area contributed by atoms with E-state index in [4.69, 9.17) is 11.6 Å². The summed E-state index contributed by atoms with van der Waals surface area (Å²) in [6.07, 6.45) is 0. The van der Waals surface area contributed by atoms with Crippen molar-refractivity contribution < 1.29 is 4.79 Å². The van der Waals surface area contributed by atoms with Crippen LogP contribution in [0, 0.1) is 5.92 Å². The molecule has 1 amide bonds. The zero-order chi connectivity index (χ0) is 13.7. The van der Waals surface area contributed by atoms with Crippen molar-refractivity contribution in [1.29, 1.82) is 0 Å². The van der Waals surface area contributed by atoms with Crippen molar-refractivity contribution in [3.8, 4) is 0 Å². The van der Waals surface area contributed by atoms with Crippen LogP contribution in [0.25, 0.3) is 0 Å². The van der Waals surface area contributed by atoms with Crippen molar-refractivity contribution in [2.75, 3.05) is 11.9 Å². The van der Waals surface area contributed by atoms with E-state index >= 15 is 0 Å². The number of rotatable bonds is 5. The molecule has 0 saturated heterocycles. The highest BCUT2D eigenvalue weighted by molar-refractivity contribution is 6.31. The zero-order valence-electron chi connectivity index (χ0n) is 11.4. The number of halogens is 1. The summed E-state index contributed by atoms with van der Waals surface area (Å²) in [4.78, 5) is 12.2. The predicted octanol–water partition coefficient (Wildman–Crippen LogP) is 3.55. The van der Waals surface area contributed by atoms with Crippen LogP contribution in [-0.4, -0.2) is 18.5 Å². The Labute approximate surface area is 114 Å². The van der Waals surface area contributed by atoms with E-state index in [1.807, 2.05) is 19.9 Å². The topological polar surface area (TPSA) is 41.1 Å². The van der Waals surface area contributed by atoms with Crippen LogP contribution in [0.3, 0.4) is 0 Å². The molecule has 1 aromatic carbocycles. The van der Waals surface area contributed by atoms with Gasteiger partial charge in [-0.1, -0.05) is 25.4 Å². The lowest BCUT2D eigenvalue weighted by atomic mass is 10.1. The number of benzene rings is 1. The lowest BCUT2D eigenvalue weighted by molar-refractivity contribution is 0.0931. The second-order valence-corrected chi connectivity index (χ2v) is 5.16. The molecule has 1 rings (SSSR count). The monoisotopic (exact) mass is 268 g/mol. The van der Waals surface area contributed by atoms with E-state index in [1.165, 1.54) is 0 Å². The van der Waals surface area contributed by atoms with Gasteiger partial charge in [0.1, 0.15) is 0 Å².